The van der Waals surface area contributed by atoms with Gasteiger partial charge in [-0.15, -0.1) is 0 Å². The van der Waals surface area contributed by atoms with Crippen LogP contribution < -0.4 is 5.32 Å². The Morgan fingerprint density at radius 3 is 2.26 bits per heavy atom. The molecule has 0 aliphatic carbocycles. The van der Waals surface area contributed by atoms with Crippen molar-refractivity contribution < 1.29 is 9.59 Å². The number of rotatable bonds is 7. The number of hydrogen-bond donors (Lipinski definition) is 1. The van der Waals surface area contributed by atoms with Crippen LogP contribution in [0.1, 0.15) is 28.5 Å². The topological polar surface area (TPSA) is 67.2 Å². The van der Waals surface area contributed by atoms with Crippen molar-refractivity contribution in [3.63, 3.8) is 0 Å². The van der Waals surface area contributed by atoms with Crippen molar-refractivity contribution in [2.75, 3.05) is 18.4 Å². The molecule has 2 amide bonds. The predicted molar refractivity (Wildman–Crippen MR) is 143 cm³/mol. The van der Waals surface area contributed by atoms with Gasteiger partial charge in [0.25, 0.3) is 5.91 Å². The van der Waals surface area contributed by atoms with Gasteiger partial charge in [-0.2, -0.15) is 5.10 Å². The lowest BCUT2D eigenvalue weighted by molar-refractivity contribution is -0.116. The summed E-state index contributed by atoms with van der Waals surface area (Å²) < 4.78 is 2.67. The van der Waals surface area contributed by atoms with Crippen LogP contribution in [0.3, 0.4) is 0 Å². The number of likely N-dealkylation sites (N-methyl/N-ethyl adjacent to an activating group) is 1. The fourth-order valence-electron chi connectivity index (χ4n) is 4.02. The van der Waals surface area contributed by atoms with Crippen LogP contribution in [0.15, 0.2) is 83.3 Å². The lowest BCUT2D eigenvalue weighted by atomic mass is 10.1. The van der Waals surface area contributed by atoms with E-state index in [4.69, 9.17) is 5.10 Å². The third-order valence-electron chi connectivity index (χ3n) is 5.82. The number of para-hydroxylation sites is 1. The van der Waals surface area contributed by atoms with E-state index >= 15 is 0 Å². The molecule has 1 heterocycles. The normalized spacial score (nSPS) is 10.7. The first-order valence-electron chi connectivity index (χ1n) is 11.4. The number of nitrogens with one attached hydrogen (secondary N) is 1. The number of aromatic nitrogens is 2. The Labute approximate surface area is 213 Å². The first-order chi connectivity index (χ1) is 16.9. The van der Waals surface area contributed by atoms with Gasteiger partial charge in [0.1, 0.15) is 12.4 Å². The number of carbonyl (C=O) groups excluding carboxylic acids is 2. The molecule has 178 valence electrons. The Balaban J connectivity index is 1.68. The highest BCUT2D eigenvalue weighted by atomic mass is 79.9. The molecular weight excluding hydrogens is 504 g/mol. The van der Waals surface area contributed by atoms with Gasteiger partial charge >= 0.3 is 0 Å². The number of aryl methyl sites for hydroxylation is 2. The monoisotopic (exact) mass is 530 g/mol. The lowest BCUT2D eigenvalue weighted by Crippen LogP contribution is -2.38. The summed E-state index contributed by atoms with van der Waals surface area (Å²) in [7, 11) is 0. The van der Waals surface area contributed by atoms with E-state index in [1.165, 1.54) is 4.90 Å². The van der Waals surface area contributed by atoms with Crippen LogP contribution in [0.5, 0.6) is 0 Å². The van der Waals surface area contributed by atoms with Crippen LogP contribution in [-0.4, -0.2) is 39.6 Å². The number of anilines is 1. The average molecular weight is 531 g/mol. The summed E-state index contributed by atoms with van der Waals surface area (Å²) in [4.78, 5) is 27.8. The van der Waals surface area contributed by atoms with Gasteiger partial charge in [-0.25, -0.2) is 4.68 Å². The lowest BCUT2D eigenvalue weighted by Gasteiger charge is -2.21. The van der Waals surface area contributed by atoms with Gasteiger partial charge in [-0.1, -0.05) is 64.5 Å². The van der Waals surface area contributed by atoms with Crippen molar-refractivity contribution >= 4 is 33.6 Å². The van der Waals surface area contributed by atoms with E-state index in [0.717, 1.165) is 32.5 Å². The summed E-state index contributed by atoms with van der Waals surface area (Å²) in [5, 5.41) is 7.84. The Bertz CT molecular complexity index is 1350. The zero-order valence-electron chi connectivity index (χ0n) is 20.0. The minimum absolute atomic E-state index is 0.0718. The fraction of sp³-hybridized carbons (Fsp3) is 0.179. The quantitative estimate of drug-likeness (QED) is 0.317. The molecule has 0 saturated carbocycles. The van der Waals surface area contributed by atoms with E-state index in [-0.39, 0.29) is 18.4 Å². The summed E-state index contributed by atoms with van der Waals surface area (Å²) in [5.74, 6) is 0.103. The van der Waals surface area contributed by atoms with E-state index < -0.39 is 0 Å². The highest BCUT2D eigenvalue weighted by molar-refractivity contribution is 9.10. The number of nitrogens with zero attached hydrogens (tertiary/aromatic N) is 3. The molecule has 0 unspecified atom stereocenters. The molecule has 0 radical (unpaired) electrons. The standard InChI is InChI=1S/C28H27BrN4O2/c1-4-32(28(35)22-14-16-23(29)17-15-22)18-25(34)30-27-26(21-11-6-5-7-12-21)20(3)31-33(27)24-13-9-8-10-19(24)2/h5-17H,4,18H2,1-3H3,(H,30,34). The molecule has 0 atom stereocenters. The van der Waals surface area contributed by atoms with E-state index in [9.17, 15) is 9.59 Å². The van der Waals surface area contributed by atoms with Crippen LogP contribution >= 0.6 is 15.9 Å². The smallest absolute Gasteiger partial charge is 0.254 e. The maximum atomic E-state index is 13.3. The summed E-state index contributed by atoms with van der Waals surface area (Å²) in [5.41, 5.74) is 5.06. The molecule has 3 aromatic carbocycles. The largest absolute Gasteiger partial charge is 0.330 e. The van der Waals surface area contributed by atoms with Crippen LogP contribution in [0.4, 0.5) is 5.82 Å². The predicted octanol–water partition coefficient (Wildman–Crippen LogP) is 6.02. The highest BCUT2D eigenvalue weighted by Gasteiger charge is 2.23. The minimum atomic E-state index is -0.288. The van der Waals surface area contributed by atoms with Gasteiger partial charge < -0.3 is 10.2 Å². The molecule has 1 N–H and O–H groups in total. The first kappa shape index (κ1) is 24.4. The summed E-state index contributed by atoms with van der Waals surface area (Å²) in [6, 6.07) is 24.9. The van der Waals surface area contributed by atoms with Crippen molar-refractivity contribution in [1.29, 1.82) is 0 Å². The summed E-state index contributed by atoms with van der Waals surface area (Å²) in [6.45, 7) is 6.14. The second kappa shape index (κ2) is 10.7. The SMILES string of the molecule is CCN(CC(=O)Nc1c(-c2ccccc2)c(C)nn1-c1ccccc1C)C(=O)c1ccc(Br)cc1. The molecule has 0 aliphatic rings. The zero-order valence-corrected chi connectivity index (χ0v) is 21.5. The molecule has 4 rings (SSSR count). The first-order valence-corrected chi connectivity index (χ1v) is 12.2. The maximum Gasteiger partial charge on any atom is 0.254 e. The van der Waals surface area contributed by atoms with Crippen molar-refractivity contribution in [3.8, 4) is 16.8 Å². The highest BCUT2D eigenvalue weighted by Crippen LogP contribution is 2.34. The van der Waals surface area contributed by atoms with Gasteiger partial charge in [0.2, 0.25) is 5.91 Å². The van der Waals surface area contributed by atoms with E-state index in [1.54, 1.807) is 16.8 Å². The molecule has 0 spiro atoms. The second-order valence-electron chi connectivity index (χ2n) is 8.25. The van der Waals surface area contributed by atoms with Crippen molar-refractivity contribution in [2.24, 2.45) is 0 Å². The van der Waals surface area contributed by atoms with Crippen LogP contribution in [0.2, 0.25) is 0 Å². The second-order valence-corrected chi connectivity index (χ2v) is 9.16. The van der Waals surface area contributed by atoms with Gasteiger partial charge in [-0.05, 0) is 62.2 Å². The molecule has 6 nitrogen and oxygen atoms in total. The number of amides is 2. The fourth-order valence-corrected chi connectivity index (χ4v) is 4.28. The van der Waals surface area contributed by atoms with Gasteiger partial charge in [-0.3, -0.25) is 9.59 Å². The molecule has 7 heteroatoms. The zero-order chi connectivity index (χ0) is 24.9. The van der Waals surface area contributed by atoms with Crippen molar-refractivity contribution in [1.82, 2.24) is 14.7 Å². The van der Waals surface area contributed by atoms with Gasteiger partial charge in [0.15, 0.2) is 0 Å². The van der Waals surface area contributed by atoms with Crippen LogP contribution in [0, 0.1) is 13.8 Å². The van der Waals surface area contributed by atoms with E-state index in [0.29, 0.717) is 17.9 Å². The molecule has 0 bridgehead atoms. The number of carbonyl (C=O) groups is 2. The molecule has 0 fully saturated rings. The van der Waals surface area contributed by atoms with Crippen molar-refractivity contribution in [3.05, 3.63) is 100 Å². The number of benzene rings is 3. The molecular formula is C28H27BrN4O2. The molecule has 0 aliphatic heterocycles. The van der Waals surface area contributed by atoms with Crippen molar-refractivity contribution in [2.45, 2.75) is 20.8 Å². The molecule has 35 heavy (non-hydrogen) atoms. The van der Waals surface area contributed by atoms with E-state index in [1.807, 2.05) is 87.5 Å². The summed E-state index contributed by atoms with van der Waals surface area (Å²) in [6.07, 6.45) is 0. The summed E-state index contributed by atoms with van der Waals surface area (Å²) >= 11 is 3.39. The maximum absolute atomic E-state index is 13.3. The number of hydrogen-bond acceptors (Lipinski definition) is 3. The van der Waals surface area contributed by atoms with Crippen LogP contribution in [-0.2, 0) is 4.79 Å². The minimum Gasteiger partial charge on any atom is -0.330 e. The Kier molecular flexibility index (Phi) is 7.46. The van der Waals surface area contributed by atoms with E-state index in [2.05, 4.69) is 21.2 Å². The Hall–Kier alpha value is -3.71. The molecule has 1 aromatic heterocycles. The third-order valence-corrected chi connectivity index (χ3v) is 6.35. The Morgan fingerprint density at radius 1 is 0.943 bits per heavy atom. The van der Waals surface area contributed by atoms with Crippen LogP contribution in [0.25, 0.3) is 16.8 Å². The Morgan fingerprint density at radius 2 is 1.60 bits per heavy atom. The third kappa shape index (κ3) is 5.35. The average Bonchev–Trinajstić information content (AvgIpc) is 3.18. The molecule has 4 aromatic rings. The van der Waals surface area contributed by atoms with Gasteiger partial charge in [0, 0.05) is 22.1 Å². The number of halogens is 1. The van der Waals surface area contributed by atoms with Gasteiger partial charge in [0.05, 0.1) is 11.4 Å². The molecule has 0 saturated heterocycles.